The molecule has 0 aliphatic carbocycles. The molecule has 128 valence electrons. The predicted molar refractivity (Wildman–Crippen MR) is 96.0 cm³/mol. The summed E-state index contributed by atoms with van der Waals surface area (Å²) in [6.07, 6.45) is 0.733. The van der Waals surface area contributed by atoms with Crippen molar-refractivity contribution in [3.8, 4) is 5.75 Å². The largest absolute Gasteiger partial charge is 0.497 e. The zero-order chi connectivity index (χ0) is 17.4. The van der Waals surface area contributed by atoms with Crippen molar-refractivity contribution in [3.63, 3.8) is 0 Å². The molecule has 0 saturated carbocycles. The summed E-state index contributed by atoms with van der Waals surface area (Å²) in [5.74, 6) is 1.36. The lowest BCUT2D eigenvalue weighted by atomic mass is 10.1. The number of hydrogen-bond donors (Lipinski definition) is 2. The fourth-order valence-electron chi connectivity index (χ4n) is 2.47. The van der Waals surface area contributed by atoms with E-state index in [2.05, 4.69) is 21.7 Å². The van der Waals surface area contributed by atoms with Gasteiger partial charge in [0.1, 0.15) is 11.6 Å². The Morgan fingerprint density at radius 1 is 1.12 bits per heavy atom. The summed E-state index contributed by atoms with van der Waals surface area (Å²) < 4.78 is 18.4. The first-order valence-electron chi connectivity index (χ1n) is 7.94. The summed E-state index contributed by atoms with van der Waals surface area (Å²) >= 11 is 0. The normalized spacial score (nSPS) is 11.2. The van der Waals surface area contributed by atoms with E-state index in [1.807, 2.05) is 25.1 Å². The molecular weight excluding hydrogens is 305 g/mol. The molecule has 0 unspecified atom stereocenters. The fraction of sp³-hybridized carbons (Fsp3) is 0.316. The van der Waals surface area contributed by atoms with E-state index >= 15 is 0 Å². The maximum absolute atomic E-state index is 13.2. The lowest BCUT2D eigenvalue weighted by Crippen LogP contribution is -2.37. The van der Waals surface area contributed by atoms with Crippen molar-refractivity contribution in [2.24, 2.45) is 4.99 Å². The maximum atomic E-state index is 13.2. The molecule has 0 atom stereocenters. The Hall–Kier alpha value is -2.56. The van der Waals surface area contributed by atoms with Crippen LogP contribution in [0.5, 0.6) is 5.75 Å². The van der Waals surface area contributed by atoms with E-state index in [0.717, 1.165) is 28.9 Å². The van der Waals surface area contributed by atoms with E-state index in [0.29, 0.717) is 19.0 Å². The standard InChI is InChI=1S/C19H24FN3O/c1-14-9-16(12-18(10-14)24-3)13-23-19(21-2)22-8-7-15-5-4-6-17(20)11-15/h4-6,9-12H,7-8,13H2,1-3H3,(H2,21,22,23). The van der Waals surface area contributed by atoms with Crippen LogP contribution in [0, 0.1) is 12.7 Å². The number of hydrogen-bond acceptors (Lipinski definition) is 2. The highest BCUT2D eigenvalue weighted by molar-refractivity contribution is 5.79. The minimum Gasteiger partial charge on any atom is -0.497 e. The number of rotatable bonds is 6. The van der Waals surface area contributed by atoms with Gasteiger partial charge in [-0.1, -0.05) is 18.2 Å². The molecule has 0 radical (unpaired) electrons. The van der Waals surface area contributed by atoms with Crippen molar-refractivity contribution in [2.45, 2.75) is 19.9 Å². The van der Waals surface area contributed by atoms with Gasteiger partial charge in [-0.3, -0.25) is 4.99 Å². The molecule has 0 amide bonds. The summed E-state index contributed by atoms with van der Waals surface area (Å²) in [6, 6.07) is 12.7. The Kier molecular flexibility index (Phi) is 6.61. The second-order valence-corrected chi connectivity index (χ2v) is 5.59. The summed E-state index contributed by atoms with van der Waals surface area (Å²) in [4.78, 5) is 4.21. The molecule has 2 rings (SSSR count). The lowest BCUT2D eigenvalue weighted by Gasteiger charge is -2.13. The Labute approximate surface area is 142 Å². The van der Waals surface area contributed by atoms with E-state index in [4.69, 9.17) is 4.74 Å². The summed E-state index contributed by atoms with van der Waals surface area (Å²) in [7, 11) is 3.40. The van der Waals surface area contributed by atoms with Gasteiger partial charge in [-0.15, -0.1) is 0 Å². The molecule has 0 heterocycles. The zero-order valence-electron chi connectivity index (χ0n) is 14.4. The van der Waals surface area contributed by atoms with Crippen LogP contribution in [0.4, 0.5) is 4.39 Å². The molecule has 0 aliphatic rings. The zero-order valence-corrected chi connectivity index (χ0v) is 14.4. The van der Waals surface area contributed by atoms with Gasteiger partial charge in [-0.05, 0) is 54.3 Å². The van der Waals surface area contributed by atoms with E-state index in [9.17, 15) is 4.39 Å². The lowest BCUT2D eigenvalue weighted by molar-refractivity contribution is 0.414. The second-order valence-electron chi connectivity index (χ2n) is 5.59. The molecule has 24 heavy (non-hydrogen) atoms. The highest BCUT2D eigenvalue weighted by Gasteiger charge is 2.02. The second kappa shape index (κ2) is 8.91. The van der Waals surface area contributed by atoms with Crippen molar-refractivity contribution in [2.75, 3.05) is 20.7 Å². The average Bonchev–Trinajstić information content (AvgIpc) is 2.57. The number of aliphatic imine (C=N–C) groups is 1. The molecule has 2 aromatic carbocycles. The van der Waals surface area contributed by atoms with Gasteiger partial charge < -0.3 is 15.4 Å². The van der Waals surface area contributed by atoms with Crippen LogP contribution in [0.2, 0.25) is 0 Å². The first-order valence-corrected chi connectivity index (χ1v) is 7.94. The molecule has 0 aromatic heterocycles. The number of nitrogens with zero attached hydrogens (tertiary/aromatic N) is 1. The van der Waals surface area contributed by atoms with Gasteiger partial charge >= 0.3 is 0 Å². The molecule has 0 aliphatic heterocycles. The van der Waals surface area contributed by atoms with Crippen LogP contribution in [0.15, 0.2) is 47.5 Å². The summed E-state index contributed by atoms with van der Waals surface area (Å²) in [5, 5.41) is 6.51. The third-order valence-electron chi connectivity index (χ3n) is 3.63. The number of benzene rings is 2. The van der Waals surface area contributed by atoms with Crippen LogP contribution in [-0.4, -0.2) is 26.7 Å². The monoisotopic (exact) mass is 329 g/mol. The number of guanidine groups is 1. The van der Waals surface area contributed by atoms with Crippen molar-refractivity contribution in [1.29, 1.82) is 0 Å². The third kappa shape index (κ3) is 5.57. The van der Waals surface area contributed by atoms with Gasteiger partial charge in [0, 0.05) is 20.1 Å². The van der Waals surface area contributed by atoms with Gasteiger partial charge in [-0.25, -0.2) is 4.39 Å². The molecular formula is C19H24FN3O. The Morgan fingerprint density at radius 2 is 1.96 bits per heavy atom. The predicted octanol–water partition coefficient (Wildman–Crippen LogP) is 3.05. The maximum Gasteiger partial charge on any atom is 0.191 e. The molecule has 2 N–H and O–H groups in total. The average molecular weight is 329 g/mol. The quantitative estimate of drug-likeness (QED) is 0.632. The van der Waals surface area contributed by atoms with Gasteiger partial charge in [0.05, 0.1) is 7.11 Å². The van der Waals surface area contributed by atoms with E-state index in [1.165, 1.54) is 6.07 Å². The minimum atomic E-state index is -0.205. The van der Waals surface area contributed by atoms with E-state index in [-0.39, 0.29) is 5.82 Å². The molecule has 5 heteroatoms. The smallest absolute Gasteiger partial charge is 0.191 e. The van der Waals surface area contributed by atoms with Crippen molar-refractivity contribution in [1.82, 2.24) is 10.6 Å². The third-order valence-corrected chi connectivity index (χ3v) is 3.63. The van der Waals surface area contributed by atoms with Crippen molar-refractivity contribution >= 4 is 5.96 Å². The van der Waals surface area contributed by atoms with E-state index < -0.39 is 0 Å². The Bertz CT molecular complexity index is 701. The van der Waals surface area contributed by atoms with Gasteiger partial charge in [0.2, 0.25) is 0 Å². The van der Waals surface area contributed by atoms with Crippen LogP contribution < -0.4 is 15.4 Å². The molecule has 4 nitrogen and oxygen atoms in total. The minimum absolute atomic E-state index is 0.205. The van der Waals surface area contributed by atoms with Crippen molar-refractivity contribution in [3.05, 3.63) is 65.0 Å². The Balaban J connectivity index is 1.83. The number of methoxy groups -OCH3 is 1. The molecule has 2 aromatic rings. The Morgan fingerprint density at radius 3 is 2.67 bits per heavy atom. The van der Waals surface area contributed by atoms with Gasteiger partial charge in [0.15, 0.2) is 5.96 Å². The van der Waals surface area contributed by atoms with Crippen LogP contribution in [-0.2, 0) is 13.0 Å². The summed E-state index contributed by atoms with van der Waals surface area (Å²) in [5.41, 5.74) is 3.24. The first-order chi connectivity index (χ1) is 11.6. The number of ether oxygens (including phenoxy) is 1. The van der Waals surface area contributed by atoms with Crippen LogP contribution in [0.3, 0.4) is 0 Å². The fourth-order valence-corrected chi connectivity index (χ4v) is 2.47. The topological polar surface area (TPSA) is 45.7 Å². The van der Waals surface area contributed by atoms with Crippen LogP contribution >= 0.6 is 0 Å². The van der Waals surface area contributed by atoms with Crippen LogP contribution in [0.1, 0.15) is 16.7 Å². The summed E-state index contributed by atoms with van der Waals surface area (Å²) in [6.45, 7) is 3.37. The molecule has 0 fully saturated rings. The van der Waals surface area contributed by atoms with Gasteiger partial charge in [0.25, 0.3) is 0 Å². The van der Waals surface area contributed by atoms with Gasteiger partial charge in [-0.2, -0.15) is 0 Å². The number of halogens is 1. The molecule has 0 bridgehead atoms. The van der Waals surface area contributed by atoms with Crippen molar-refractivity contribution < 1.29 is 9.13 Å². The van der Waals surface area contributed by atoms with Crippen LogP contribution in [0.25, 0.3) is 0 Å². The number of nitrogens with one attached hydrogen (secondary N) is 2. The first kappa shape index (κ1) is 17.8. The molecule has 0 spiro atoms. The highest BCUT2D eigenvalue weighted by Crippen LogP contribution is 2.16. The highest BCUT2D eigenvalue weighted by atomic mass is 19.1. The van der Waals surface area contributed by atoms with E-state index in [1.54, 1.807) is 26.3 Å². The molecule has 0 saturated heterocycles. The SMILES string of the molecule is CN=C(NCCc1cccc(F)c1)NCc1cc(C)cc(OC)c1. The number of aryl methyl sites for hydroxylation is 1.